The smallest absolute Gasteiger partial charge is 0.259 e. The van der Waals surface area contributed by atoms with E-state index in [9.17, 15) is 18.7 Å². The lowest BCUT2D eigenvalue weighted by molar-refractivity contribution is 0.0216. The van der Waals surface area contributed by atoms with E-state index >= 15 is 0 Å². The third kappa shape index (κ3) is 3.47. The van der Waals surface area contributed by atoms with E-state index in [1.165, 1.54) is 12.0 Å². The second kappa shape index (κ2) is 7.25. The van der Waals surface area contributed by atoms with E-state index in [4.69, 9.17) is 4.74 Å². The normalized spacial score (nSPS) is 21.3. The summed E-state index contributed by atoms with van der Waals surface area (Å²) in [6.07, 6.45) is 3.17. The standard InChI is InChI=1S/C17H23F2NO3/c1-3-7-17(11-21)8-4-9-20(10-17)16(22)14-12(18)5-6-13(23-2)15(14)19/h5-6,21H,3-4,7-11H2,1-2H3/t17-/m0/s1. The van der Waals surface area contributed by atoms with Gasteiger partial charge < -0.3 is 14.7 Å². The third-order valence-electron chi connectivity index (χ3n) is 4.55. The maximum atomic E-state index is 14.3. The fourth-order valence-corrected chi connectivity index (χ4v) is 3.37. The molecule has 0 aliphatic carbocycles. The first kappa shape index (κ1) is 17.7. The molecule has 6 heteroatoms. The summed E-state index contributed by atoms with van der Waals surface area (Å²) in [5, 5.41) is 9.73. The molecule has 0 unspecified atom stereocenters. The average molecular weight is 327 g/mol. The molecule has 1 heterocycles. The van der Waals surface area contributed by atoms with Crippen molar-refractivity contribution in [2.45, 2.75) is 32.6 Å². The highest BCUT2D eigenvalue weighted by Crippen LogP contribution is 2.35. The fourth-order valence-electron chi connectivity index (χ4n) is 3.37. The van der Waals surface area contributed by atoms with Crippen molar-refractivity contribution in [2.24, 2.45) is 5.41 Å². The molecule has 2 rings (SSSR count). The minimum absolute atomic E-state index is 0.0340. The van der Waals surface area contributed by atoms with Gasteiger partial charge in [0.25, 0.3) is 5.91 Å². The zero-order chi connectivity index (χ0) is 17.0. The molecule has 0 radical (unpaired) electrons. The quantitative estimate of drug-likeness (QED) is 0.904. The maximum absolute atomic E-state index is 14.3. The zero-order valence-corrected chi connectivity index (χ0v) is 13.6. The van der Waals surface area contributed by atoms with Gasteiger partial charge in [-0.05, 0) is 31.4 Å². The number of benzene rings is 1. The summed E-state index contributed by atoms with van der Waals surface area (Å²) in [4.78, 5) is 14.1. The lowest BCUT2D eigenvalue weighted by Crippen LogP contribution is -2.48. The Kier molecular flexibility index (Phi) is 5.57. The van der Waals surface area contributed by atoms with Crippen molar-refractivity contribution in [1.82, 2.24) is 4.90 Å². The number of hydrogen-bond acceptors (Lipinski definition) is 3. The van der Waals surface area contributed by atoms with Crippen LogP contribution in [0.5, 0.6) is 5.75 Å². The van der Waals surface area contributed by atoms with Crippen LogP contribution in [0.3, 0.4) is 0 Å². The van der Waals surface area contributed by atoms with E-state index in [1.807, 2.05) is 6.92 Å². The molecule has 23 heavy (non-hydrogen) atoms. The summed E-state index contributed by atoms with van der Waals surface area (Å²) < 4.78 is 33.1. The van der Waals surface area contributed by atoms with Crippen molar-refractivity contribution in [3.05, 3.63) is 29.3 Å². The molecular weight excluding hydrogens is 304 g/mol. The van der Waals surface area contributed by atoms with Crippen molar-refractivity contribution < 1.29 is 23.4 Å². The molecule has 1 amide bonds. The first-order valence-corrected chi connectivity index (χ1v) is 7.90. The highest BCUT2D eigenvalue weighted by molar-refractivity contribution is 5.95. The van der Waals surface area contributed by atoms with E-state index in [1.54, 1.807) is 0 Å². The molecule has 128 valence electrons. The van der Waals surface area contributed by atoms with Crippen molar-refractivity contribution >= 4 is 5.91 Å². The molecule has 1 saturated heterocycles. The molecule has 0 saturated carbocycles. The molecule has 0 aromatic heterocycles. The number of ether oxygens (including phenoxy) is 1. The monoisotopic (exact) mass is 327 g/mol. The van der Waals surface area contributed by atoms with Crippen LogP contribution in [-0.4, -0.2) is 42.7 Å². The van der Waals surface area contributed by atoms with Crippen LogP contribution in [0.4, 0.5) is 8.78 Å². The SMILES string of the molecule is CCC[C@]1(CO)CCCN(C(=O)c2c(F)ccc(OC)c2F)C1. The van der Waals surface area contributed by atoms with Gasteiger partial charge >= 0.3 is 0 Å². The van der Waals surface area contributed by atoms with Gasteiger partial charge in [0.2, 0.25) is 0 Å². The second-order valence-corrected chi connectivity index (χ2v) is 6.18. The summed E-state index contributed by atoms with van der Waals surface area (Å²) >= 11 is 0. The number of carbonyl (C=O) groups is 1. The van der Waals surface area contributed by atoms with E-state index in [0.29, 0.717) is 19.5 Å². The number of likely N-dealkylation sites (tertiary alicyclic amines) is 1. The van der Waals surface area contributed by atoms with E-state index in [-0.39, 0.29) is 17.8 Å². The first-order chi connectivity index (χ1) is 11.0. The number of aliphatic hydroxyl groups excluding tert-OH is 1. The van der Waals surface area contributed by atoms with E-state index < -0.39 is 23.1 Å². The Morgan fingerprint density at radius 3 is 2.78 bits per heavy atom. The van der Waals surface area contributed by atoms with Crippen LogP contribution in [0, 0.1) is 17.0 Å². The van der Waals surface area contributed by atoms with E-state index in [0.717, 1.165) is 31.4 Å². The Morgan fingerprint density at radius 1 is 1.43 bits per heavy atom. The molecule has 1 atom stereocenters. The number of aliphatic hydroxyl groups is 1. The second-order valence-electron chi connectivity index (χ2n) is 6.18. The van der Waals surface area contributed by atoms with Gasteiger partial charge in [-0.25, -0.2) is 8.78 Å². The van der Waals surface area contributed by atoms with Gasteiger partial charge in [0.05, 0.1) is 13.7 Å². The largest absolute Gasteiger partial charge is 0.494 e. The summed E-state index contributed by atoms with van der Waals surface area (Å²) in [5.41, 5.74) is -0.969. The molecule has 1 fully saturated rings. The Hall–Kier alpha value is -1.69. The molecular formula is C17H23F2NO3. The number of methoxy groups -OCH3 is 1. The van der Waals surface area contributed by atoms with Crippen LogP contribution in [-0.2, 0) is 0 Å². The Bertz CT molecular complexity index is 575. The minimum Gasteiger partial charge on any atom is -0.494 e. The average Bonchev–Trinajstić information content (AvgIpc) is 2.55. The van der Waals surface area contributed by atoms with Gasteiger partial charge in [0, 0.05) is 18.5 Å². The number of hydrogen-bond donors (Lipinski definition) is 1. The van der Waals surface area contributed by atoms with Gasteiger partial charge in [-0.2, -0.15) is 0 Å². The topological polar surface area (TPSA) is 49.8 Å². The molecule has 1 aromatic rings. The molecule has 1 aliphatic heterocycles. The predicted molar refractivity (Wildman–Crippen MR) is 82.5 cm³/mol. The van der Waals surface area contributed by atoms with Gasteiger partial charge in [0.1, 0.15) is 11.4 Å². The van der Waals surface area contributed by atoms with Crippen molar-refractivity contribution in [3.63, 3.8) is 0 Å². The lowest BCUT2D eigenvalue weighted by atomic mass is 9.77. The van der Waals surface area contributed by atoms with E-state index in [2.05, 4.69) is 0 Å². The van der Waals surface area contributed by atoms with Crippen LogP contribution in [0.15, 0.2) is 12.1 Å². The Morgan fingerprint density at radius 2 is 2.17 bits per heavy atom. The highest BCUT2D eigenvalue weighted by Gasteiger charge is 2.37. The van der Waals surface area contributed by atoms with Crippen LogP contribution in [0.2, 0.25) is 0 Å². The van der Waals surface area contributed by atoms with Crippen molar-refractivity contribution in [1.29, 1.82) is 0 Å². The van der Waals surface area contributed by atoms with Crippen molar-refractivity contribution in [3.8, 4) is 5.75 Å². The van der Waals surface area contributed by atoms with Crippen molar-refractivity contribution in [2.75, 3.05) is 26.8 Å². The van der Waals surface area contributed by atoms with Crippen LogP contribution in [0.25, 0.3) is 0 Å². The Balaban J connectivity index is 2.30. The molecule has 1 aliphatic rings. The lowest BCUT2D eigenvalue weighted by Gasteiger charge is -2.42. The molecule has 0 bridgehead atoms. The first-order valence-electron chi connectivity index (χ1n) is 7.90. The molecule has 4 nitrogen and oxygen atoms in total. The molecule has 1 N–H and O–H groups in total. The molecule has 0 spiro atoms. The van der Waals surface area contributed by atoms with Gasteiger partial charge in [-0.3, -0.25) is 4.79 Å². The number of halogens is 2. The van der Waals surface area contributed by atoms with Crippen LogP contribution < -0.4 is 4.74 Å². The number of carbonyl (C=O) groups excluding carboxylic acids is 1. The number of nitrogens with zero attached hydrogens (tertiary/aromatic N) is 1. The summed E-state index contributed by atoms with van der Waals surface area (Å²) in [7, 11) is 1.27. The fraction of sp³-hybridized carbons (Fsp3) is 0.588. The number of piperidine rings is 1. The molecule has 1 aromatic carbocycles. The Labute approximate surface area is 135 Å². The minimum atomic E-state index is -0.979. The number of rotatable bonds is 5. The van der Waals surface area contributed by atoms with Gasteiger partial charge in [0.15, 0.2) is 11.6 Å². The summed E-state index contributed by atoms with van der Waals surface area (Å²) in [6.45, 7) is 2.72. The highest BCUT2D eigenvalue weighted by atomic mass is 19.1. The third-order valence-corrected chi connectivity index (χ3v) is 4.55. The van der Waals surface area contributed by atoms with Crippen LogP contribution >= 0.6 is 0 Å². The maximum Gasteiger partial charge on any atom is 0.259 e. The summed E-state index contributed by atoms with van der Waals surface area (Å²) in [5.74, 6) is -2.72. The van der Waals surface area contributed by atoms with Gasteiger partial charge in [-0.1, -0.05) is 13.3 Å². The van der Waals surface area contributed by atoms with Gasteiger partial charge in [-0.15, -0.1) is 0 Å². The zero-order valence-electron chi connectivity index (χ0n) is 13.6. The number of amides is 1. The summed E-state index contributed by atoms with van der Waals surface area (Å²) in [6, 6.07) is 2.19. The predicted octanol–water partition coefficient (Wildman–Crippen LogP) is 2.99. The van der Waals surface area contributed by atoms with Crippen LogP contribution in [0.1, 0.15) is 43.0 Å².